The molecule has 148 valence electrons. The van der Waals surface area contributed by atoms with Gasteiger partial charge in [0.05, 0.1) is 0 Å². The molecule has 0 N–H and O–H groups in total. The van der Waals surface area contributed by atoms with Crippen molar-refractivity contribution >= 4 is 17.2 Å². The molecule has 0 aliphatic carbocycles. The Kier molecular flexibility index (Phi) is 4.89. The molecule has 7 heteroatoms. The number of rotatable bonds is 5. The molecule has 2 unspecified atom stereocenters. The first kappa shape index (κ1) is 18.1. The SMILES string of the molecule is O=C(c1ccc(Oc2nccs2)cc1)N1C2CCC1CC(Oc1ccccn1)C2. The van der Waals surface area contributed by atoms with Crippen molar-refractivity contribution in [1.29, 1.82) is 0 Å². The van der Waals surface area contributed by atoms with Crippen LogP contribution in [0.3, 0.4) is 0 Å². The predicted octanol–water partition coefficient (Wildman–Crippen LogP) is 4.55. The van der Waals surface area contributed by atoms with E-state index in [1.807, 2.05) is 47.8 Å². The lowest BCUT2D eigenvalue weighted by Crippen LogP contribution is -2.49. The average Bonchev–Trinajstić information content (AvgIpc) is 3.35. The summed E-state index contributed by atoms with van der Waals surface area (Å²) in [6.45, 7) is 0. The Morgan fingerprint density at radius 3 is 2.45 bits per heavy atom. The van der Waals surface area contributed by atoms with E-state index in [1.54, 1.807) is 12.4 Å². The maximum Gasteiger partial charge on any atom is 0.278 e. The quantitative estimate of drug-likeness (QED) is 0.621. The van der Waals surface area contributed by atoms with Gasteiger partial charge in [0.1, 0.15) is 11.9 Å². The average molecular weight is 407 g/mol. The molecule has 2 aliphatic rings. The number of hydrogen-bond acceptors (Lipinski definition) is 6. The summed E-state index contributed by atoms with van der Waals surface area (Å²) >= 11 is 1.44. The highest BCUT2D eigenvalue weighted by Gasteiger charge is 2.44. The fourth-order valence-electron chi connectivity index (χ4n) is 4.32. The Morgan fingerprint density at radius 1 is 1.00 bits per heavy atom. The number of carbonyl (C=O) groups is 1. The smallest absolute Gasteiger partial charge is 0.278 e. The lowest BCUT2D eigenvalue weighted by Gasteiger charge is -2.38. The maximum atomic E-state index is 13.2. The van der Waals surface area contributed by atoms with Gasteiger partial charge >= 0.3 is 0 Å². The predicted molar refractivity (Wildman–Crippen MR) is 109 cm³/mol. The summed E-state index contributed by atoms with van der Waals surface area (Å²) in [5, 5.41) is 2.46. The first-order valence-electron chi connectivity index (χ1n) is 9.84. The first-order chi connectivity index (χ1) is 14.3. The van der Waals surface area contributed by atoms with E-state index < -0.39 is 0 Å². The molecule has 4 heterocycles. The Morgan fingerprint density at radius 2 is 1.79 bits per heavy atom. The van der Waals surface area contributed by atoms with Gasteiger partial charge in [-0.15, -0.1) is 0 Å². The number of piperidine rings is 1. The Hall–Kier alpha value is -2.93. The van der Waals surface area contributed by atoms with Crippen LogP contribution in [-0.2, 0) is 0 Å². The molecule has 29 heavy (non-hydrogen) atoms. The minimum absolute atomic E-state index is 0.0922. The summed E-state index contributed by atoms with van der Waals surface area (Å²) in [6, 6.07) is 13.5. The normalized spacial score (nSPS) is 23.0. The monoisotopic (exact) mass is 407 g/mol. The van der Waals surface area contributed by atoms with Crippen LogP contribution in [0.25, 0.3) is 0 Å². The zero-order valence-corrected chi connectivity index (χ0v) is 16.6. The number of thiazole rings is 1. The van der Waals surface area contributed by atoms with Crippen LogP contribution in [0.15, 0.2) is 60.2 Å². The minimum atomic E-state index is 0.0922. The van der Waals surface area contributed by atoms with Crippen LogP contribution in [-0.4, -0.2) is 39.0 Å². The molecule has 0 radical (unpaired) electrons. The third-order valence-electron chi connectivity index (χ3n) is 5.57. The van der Waals surface area contributed by atoms with E-state index in [0.29, 0.717) is 22.4 Å². The molecule has 0 saturated carbocycles. The van der Waals surface area contributed by atoms with Gasteiger partial charge in [0.25, 0.3) is 11.1 Å². The van der Waals surface area contributed by atoms with Gasteiger partial charge in [-0.25, -0.2) is 9.97 Å². The fraction of sp³-hybridized carbons (Fsp3) is 0.318. The van der Waals surface area contributed by atoms with Gasteiger partial charge < -0.3 is 14.4 Å². The summed E-state index contributed by atoms with van der Waals surface area (Å²) in [5.41, 5.74) is 0.692. The molecule has 3 aromatic rings. The molecule has 2 bridgehead atoms. The van der Waals surface area contributed by atoms with E-state index in [1.165, 1.54) is 11.3 Å². The standard InChI is InChI=1S/C22H21N3O3S/c26-21(15-4-8-18(9-5-15)28-22-24-11-12-29-22)25-16-6-7-17(25)14-19(13-16)27-20-3-1-2-10-23-20/h1-5,8-12,16-17,19H,6-7,13-14H2. The molecule has 0 spiro atoms. The van der Waals surface area contributed by atoms with E-state index in [-0.39, 0.29) is 24.1 Å². The summed E-state index contributed by atoms with van der Waals surface area (Å²) in [4.78, 5) is 23.6. The van der Waals surface area contributed by atoms with E-state index in [0.717, 1.165) is 25.7 Å². The lowest BCUT2D eigenvalue weighted by molar-refractivity contribution is 0.0348. The number of hydrogen-bond donors (Lipinski definition) is 0. The van der Waals surface area contributed by atoms with Gasteiger partial charge in [0.2, 0.25) is 5.88 Å². The molecule has 2 atom stereocenters. The highest BCUT2D eigenvalue weighted by molar-refractivity contribution is 7.11. The molecule has 2 fully saturated rings. The summed E-state index contributed by atoms with van der Waals surface area (Å²) in [7, 11) is 0. The second-order valence-electron chi connectivity index (χ2n) is 7.40. The van der Waals surface area contributed by atoms with E-state index >= 15 is 0 Å². The van der Waals surface area contributed by atoms with Gasteiger partial charge in [0.15, 0.2) is 0 Å². The number of nitrogens with zero attached hydrogens (tertiary/aromatic N) is 3. The number of pyridine rings is 1. The Bertz CT molecular complexity index is 949. The lowest BCUT2D eigenvalue weighted by atomic mass is 9.98. The van der Waals surface area contributed by atoms with Gasteiger partial charge in [-0.1, -0.05) is 17.4 Å². The van der Waals surface area contributed by atoms with Crippen LogP contribution in [0, 0.1) is 0 Å². The summed E-state index contributed by atoms with van der Waals surface area (Å²) < 4.78 is 11.7. The van der Waals surface area contributed by atoms with Crippen molar-refractivity contribution in [1.82, 2.24) is 14.9 Å². The van der Waals surface area contributed by atoms with Crippen molar-refractivity contribution in [2.24, 2.45) is 0 Å². The summed E-state index contributed by atoms with van der Waals surface area (Å²) in [6.07, 6.45) is 7.32. The number of fused-ring (bicyclic) bond motifs is 2. The Labute approximate surface area is 173 Å². The molecule has 1 aromatic carbocycles. The number of carbonyl (C=O) groups excluding carboxylic acids is 1. The van der Waals surface area contributed by atoms with Crippen LogP contribution in [0.4, 0.5) is 0 Å². The molecule has 2 saturated heterocycles. The van der Waals surface area contributed by atoms with Gasteiger partial charge in [-0.3, -0.25) is 4.79 Å². The van der Waals surface area contributed by atoms with Gasteiger partial charge in [-0.05, 0) is 43.2 Å². The van der Waals surface area contributed by atoms with Crippen LogP contribution < -0.4 is 9.47 Å². The van der Waals surface area contributed by atoms with Gasteiger partial charge in [-0.2, -0.15) is 0 Å². The van der Waals surface area contributed by atoms with Crippen molar-refractivity contribution in [3.63, 3.8) is 0 Å². The highest BCUT2D eigenvalue weighted by atomic mass is 32.1. The van der Waals surface area contributed by atoms with Crippen molar-refractivity contribution in [3.05, 3.63) is 65.8 Å². The second kappa shape index (κ2) is 7.83. The number of benzene rings is 1. The van der Waals surface area contributed by atoms with Crippen LogP contribution in [0.2, 0.25) is 0 Å². The van der Waals surface area contributed by atoms with Crippen molar-refractivity contribution < 1.29 is 14.3 Å². The number of ether oxygens (including phenoxy) is 2. The zero-order chi connectivity index (χ0) is 19.6. The fourth-order valence-corrected chi connectivity index (χ4v) is 4.82. The van der Waals surface area contributed by atoms with Crippen LogP contribution >= 0.6 is 11.3 Å². The largest absolute Gasteiger partial charge is 0.474 e. The molecule has 2 aromatic heterocycles. The van der Waals surface area contributed by atoms with Gasteiger partial charge in [0, 0.05) is 54.3 Å². The molecule has 2 aliphatic heterocycles. The van der Waals surface area contributed by atoms with Crippen molar-refractivity contribution in [2.45, 2.75) is 43.9 Å². The molecule has 5 rings (SSSR count). The maximum absolute atomic E-state index is 13.2. The molecular weight excluding hydrogens is 386 g/mol. The summed E-state index contributed by atoms with van der Waals surface area (Å²) in [5.74, 6) is 1.43. The Balaban J connectivity index is 1.25. The minimum Gasteiger partial charge on any atom is -0.474 e. The van der Waals surface area contributed by atoms with Crippen molar-refractivity contribution in [2.75, 3.05) is 0 Å². The zero-order valence-electron chi connectivity index (χ0n) is 15.8. The van der Waals surface area contributed by atoms with E-state index in [2.05, 4.69) is 14.9 Å². The number of amides is 1. The molecule has 6 nitrogen and oxygen atoms in total. The van der Waals surface area contributed by atoms with Crippen LogP contribution in [0.1, 0.15) is 36.0 Å². The van der Waals surface area contributed by atoms with E-state index in [4.69, 9.17) is 9.47 Å². The topological polar surface area (TPSA) is 64.5 Å². The van der Waals surface area contributed by atoms with Crippen LogP contribution in [0.5, 0.6) is 16.8 Å². The third kappa shape index (κ3) is 3.82. The van der Waals surface area contributed by atoms with Crippen molar-refractivity contribution in [3.8, 4) is 16.8 Å². The number of aromatic nitrogens is 2. The molecule has 1 amide bonds. The van der Waals surface area contributed by atoms with E-state index in [9.17, 15) is 4.79 Å². The first-order valence-corrected chi connectivity index (χ1v) is 10.7. The second-order valence-corrected chi connectivity index (χ2v) is 8.26. The third-order valence-corrected chi connectivity index (χ3v) is 6.21. The molecular formula is C22H21N3O3S. The highest BCUT2D eigenvalue weighted by Crippen LogP contribution is 2.38.